The molecule has 0 aliphatic heterocycles. The van der Waals surface area contributed by atoms with E-state index in [0.29, 0.717) is 0 Å². The molecule has 0 aliphatic rings. The van der Waals surface area contributed by atoms with Crippen molar-refractivity contribution in [3.63, 3.8) is 0 Å². The summed E-state index contributed by atoms with van der Waals surface area (Å²) in [4.78, 5) is 21.1. The molecule has 0 unspecified atom stereocenters. The van der Waals surface area contributed by atoms with Crippen molar-refractivity contribution in [3.05, 3.63) is 28.3 Å². The summed E-state index contributed by atoms with van der Waals surface area (Å²) >= 11 is 0. The number of carbonyl (C=O) groups excluding carboxylic acids is 1. The maximum Gasteiger partial charge on any atom is 0.296 e. The van der Waals surface area contributed by atoms with Gasteiger partial charge in [0.1, 0.15) is 18.0 Å². The predicted molar refractivity (Wildman–Crippen MR) is 55.3 cm³/mol. The van der Waals surface area contributed by atoms with E-state index >= 15 is 0 Å². The number of aromatic hydroxyl groups is 1. The molecule has 16 heavy (non-hydrogen) atoms. The Hall–Kier alpha value is -2.15. The third kappa shape index (κ3) is 2.92. The van der Waals surface area contributed by atoms with Crippen molar-refractivity contribution in [2.45, 2.75) is 0 Å². The van der Waals surface area contributed by atoms with Crippen molar-refractivity contribution in [2.75, 3.05) is 19.0 Å². The van der Waals surface area contributed by atoms with Crippen LogP contribution in [0.1, 0.15) is 0 Å². The van der Waals surface area contributed by atoms with Gasteiger partial charge in [0, 0.05) is 7.11 Å². The van der Waals surface area contributed by atoms with Crippen LogP contribution in [0.3, 0.4) is 0 Å². The van der Waals surface area contributed by atoms with Crippen LogP contribution < -0.4 is 5.32 Å². The van der Waals surface area contributed by atoms with Crippen LogP contribution in [0, 0.1) is 10.1 Å². The second kappa shape index (κ2) is 5.08. The van der Waals surface area contributed by atoms with Gasteiger partial charge in [0.05, 0.1) is 11.0 Å². The topological polar surface area (TPSA) is 102 Å². The number of carbonyl (C=O) groups is 1. The Labute approximate surface area is 90.8 Å². The highest BCUT2D eigenvalue weighted by Gasteiger charge is 2.16. The molecule has 0 saturated heterocycles. The summed E-state index contributed by atoms with van der Waals surface area (Å²) in [5.74, 6) is -0.743. The molecule has 7 heteroatoms. The molecular weight excluding hydrogens is 216 g/mol. The Bertz CT molecular complexity index is 418. The summed E-state index contributed by atoms with van der Waals surface area (Å²) in [6, 6.07) is 3.46. The van der Waals surface area contributed by atoms with E-state index in [-0.39, 0.29) is 23.7 Å². The first-order valence-corrected chi connectivity index (χ1v) is 4.30. The van der Waals surface area contributed by atoms with E-state index < -0.39 is 10.8 Å². The number of benzene rings is 1. The first-order valence-electron chi connectivity index (χ1n) is 4.30. The average molecular weight is 226 g/mol. The zero-order chi connectivity index (χ0) is 12.1. The highest BCUT2D eigenvalue weighted by molar-refractivity contribution is 5.94. The average Bonchev–Trinajstić information content (AvgIpc) is 2.20. The number of amides is 1. The van der Waals surface area contributed by atoms with E-state index in [4.69, 9.17) is 5.11 Å². The van der Waals surface area contributed by atoms with Crippen LogP contribution in [-0.2, 0) is 9.53 Å². The van der Waals surface area contributed by atoms with Gasteiger partial charge in [0.15, 0.2) is 0 Å². The van der Waals surface area contributed by atoms with E-state index in [9.17, 15) is 14.9 Å². The zero-order valence-corrected chi connectivity index (χ0v) is 8.47. The number of rotatable bonds is 4. The van der Waals surface area contributed by atoms with Gasteiger partial charge in [-0.1, -0.05) is 0 Å². The van der Waals surface area contributed by atoms with Crippen molar-refractivity contribution in [1.29, 1.82) is 0 Å². The number of hydrogen-bond acceptors (Lipinski definition) is 5. The van der Waals surface area contributed by atoms with E-state index in [1.54, 1.807) is 0 Å². The van der Waals surface area contributed by atoms with Gasteiger partial charge in [-0.2, -0.15) is 0 Å². The summed E-state index contributed by atoms with van der Waals surface area (Å²) in [5, 5.41) is 22.0. The lowest BCUT2D eigenvalue weighted by atomic mass is 10.2. The highest BCUT2D eigenvalue weighted by atomic mass is 16.6. The van der Waals surface area contributed by atoms with Gasteiger partial charge in [-0.3, -0.25) is 14.9 Å². The predicted octanol–water partition coefficient (Wildman–Crippen LogP) is 0.885. The quantitative estimate of drug-likeness (QED) is 0.451. The van der Waals surface area contributed by atoms with Crippen molar-refractivity contribution >= 4 is 17.3 Å². The maximum absolute atomic E-state index is 11.2. The Balaban J connectivity index is 2.95. The zero-order valence-electron chi connectivity index (χ0n) is 8.47. The molecule has 1 aromatic rings. The number of phenolic OH excluding ortho intramolecular Hbond substituents is 1. The van der Waals surface area contributed by atoms with Crippen molar-refractivity contribution in [1.82, 2.24) is 0 Å². The molecule has 86 valence electrons. The minimum Gasteiger partial charge on any atom is -0.508 e. The Morgan fingerprint density at radius 2 is 2.31 bits per heavy atom. The molecule has 2 N–H and O–H groups in total. The van der Waals surface area contributed by atoms with E-state index in [1.807, 2.05) is 0 Å². The van der Waals surface area contributed by atoms with Crippen LogP contribution >= 0.6 is 0 Å². The molecule has 0 heterocycles. The van der Waals surface area contributed by atoms with Crippen LogP contribution in [0.5, 0.6) is 5.75 Å². The third-order valence-corrected chi connectivity index (χ3v) is 1.73. The van der Waals surface area contributed by atoms with Gasteiger partial charge >= 0.3 is 0 Å². The first kappa shape index (κ1) is 11.9. The fourth-order valence-electron chi connectivity index (χ4n) is 1.09. The minimum atomic E-state index is -0.692. The van der Waals surface area contributed by atoms with Gasteiger partial charge in [-0.15, -0.1) is 0 Å². The van der Waals surface area contributed by atoms with Gasteiger partial charge in [-0.25, -0.2) is 0 Å². The molecule has 0 bridgehead atoms. The molecule has 0 radical (unpaired) electrons. The van der Waals surface area contributed by atoms with E-state index in [1.165, 1.54) is 19.2 Å². The fraction of sp³-hybridized carbons (Fsp3) is 0.222. The van der Waals surface area contributed by atoms with E-state index in [2.05, 4.69) is 10.1 Å². The maximum atomic E-state index is 11.2. The lowest BCUT2D eigenvalue weighted by Gasteiger charge is -2.05. The number of ether oxygens (including phenoxy) is 1. The lowest BCUT2D eigenvalue weighted by Crippen LogP contribution is -2.17. The second-order valence-corrected chi connectivity index (χ2v) is 2.94. The molecule has 0 aromatic heterocycles. The van der Waals surface area contributed by atoms with E-state index in [0.717, 1.165) is 6.07 Å². The summed E-state index contributed by atoms with van der Waals surface area (Å²) in [6.07, 6.45) is 0. The molecule has 0 fully saturated rings. The summed E-state index contributed by atoms with van der Waals surface area (Å²) in [7, 11) is 1.34. The molecule has 1 aromatic carbocycles. The summed E-state index contributed by atoms with van der Waals surface area (Å²) in [5.41, 5.74) is -0.352. The molecule has 1 rings (SSSR count). The third-order valence-electron chi connectivity index (χ3n) is 1.73. The number of phenols is 1. The van der Waals surface area contributed by atoms with Gasteiger partial charge in [-0.05, 0) is 12.1 Å². The Morgan fingerprint density at radius 1 is 1.62 bits per heavy atom. The van der Waals surface area contributed by atoms with Crippen LogP contribution in [0.25, 0.3) is 0 Å². The number of nitro benzene ring substituents is 1. The van der Waals surface area contributed by atoms with Crippen molar-refractivity contribution in [3.8, 4) is 5.75 Å². The van der Waals surface area contributed by atoms with Crippen molar-refractivity contribution in [2.24, 2.45) is 0 Å². The molecule has 0 atom stereocenters. The molecule has 0 aliphatic carbocycles. The molecule has 7 nitrogen and oxygen atoms in total. The number of methoxy groups -OCH3 is 1. The lowest BCUT2D eigenvalue weighted by molar-refractivity contribution is -0.384. The first-order chi connectivity index (χ1) is 7.54. The minimum absolute atomic E-state index is 0.0184. The van der Waals surface area contributed by atoms with Gasteiger partial charge in [0.25, 0.3) is 11.6 Å². The monoisotopic (exact) mass is 226 g/mol. The van der Waals surface area contributed by atoms with Crippen LogP contribution in [-0.4, -0.2) is 29.7 Å². The number of anilines is 1. The fourth-order valence-corrected chi connectivity index (χ4v) is 1.09. The summed E-state index contributed by atoms with van der Waals surface area (Å²) < 4.78 is 4.57. The molecule has 0 saturated carbocycles. The van der Waals surface area contributed by atoms with Crippen LogP contribution in [0.15, 0.2) is 18.2 Å². The van der Waals surface area contributed by atoms with Crippen LogP contribution in [0.4, 0.5) is 11.4 Å². The number of nitrogens with zero attached hydrogens (tertiary/aromatic N) is 1. The SMILES string of the molecule is COCC(=O)Nc1ccc(O)cc1[N+](=O)[O-]. The number of nitro groups is 1. The molecular formula is C9H10N2O5. The Morgan fingerprint density at radius 3 is 2.88 bits per heavy atom. The van der Waals surface area contributed by atoms with Crippen molar-refractivity contribution < 1.29 is 19.6 Å². The standard InChI is InChI=1S/C9H10N2O5/c1-16-5-9(13)10-7-3-2-6(12)4-8(7)11(14)15/h2-4,12H,5H2,1H3,(H,10,13). The normalized spacial score (nSPS) is 9.81. The number of hydrogen-bond donors (Lipinski definition) is 2. The highest BCUT2D eigenvalue weighted by Crippen LogP contribution is 2.28. The second-order valence-electron chi connectivity index (χ2n) is 2.94. The van der Waals surface area contributed by atoms with Gasteiger partial charge in [0.2, 0.25) is 0 Å². The Kier molecular flexibility index (Phi) is 3.78. The van der Waals surface area contributed by atoms with Crippen LogP contribution in [0.2, 0.25) is 0 Å². The molecule has 0 spiro atoms. The largest absolute Gasteiger partial charge is 0.508 e. The summed E-state index contributed by atoms with van der Waals surface area (Å²) in [6.45, 7) is -0.196. The smallest absolute Gasteiger partial charge is 0.296 e. The van der Waals surface area contributed by atoms with Gasteiger partial charge < -0.3 is 15.2 Å². The number of nitrogens with one attached hydrogen (secondary N) is 1. The molecule has 1 amide bonds.